The third-order valence-electron chi connectivity index (χ3n) is 3.75. The van der Waals surface area contributed by atoms with Gasteiger partial charge in [0.15, 0.2) is 0 Å². The highest BCUT2D eigenvalue weighted by Gasteiger charge is 2.32. The summed E-state index contributed by atoms with van der Waals surface area (Å²) in [5.41, 5.74) is 0.731. The van der Waals surface area contributed by atoms with Gasteiger partial charge in [0.05, 0.1) is 0 Å². The zero-order valence-corrected chi connectivity index (χ0v) is 10.3. The number of rotatable bonds is 5. The molecule has 1 aliphatic carbocycles. The van der Waals surface area contributed by atoms with E-state index in [1.165, 1.54) is 25.0 Å². The quantitative estimate of drug-likeness (QED) is 0.832. The molecule has 2 unspecified atom stereocenters. The van der Waals surface area contributed by atoms with Gasteiger partial charge in [-0.2, -0.15) is 0 Å². The molecule has 17 heavy (non-hydrogen) atoms. The molecule has 94 valence electrons. The van der Waals surface area contributed by atoms with E-state index in [2.05, 4.69) is 12.2 Å². The first kappa shape index (κ1) is 12.5. The Balaban J connectivity index is 2.06. The van der Waals surface area contributed by atoms with Crippen molar-refractivity contribution in [2.75, 3.05) is 7.05 Å². The molecule has 1 saturated carbocycles. The number of benzene rings is 1. The van der Waals surface area contributed by atoms with Crippen molar-refractivity contribution in [1.82, 2.24) is 5.32 Å². The zero-order valence-electron chi connectivity index (χ0n) is 10.3. The van der Waals surface area contributed by atoms with Gasteiger partial charge in [0.1, 0.15) is 11.6 Å². The van der Waals surface area contributed by atoms with Gasteiger partial charge in [0.25, 0.3) is 0 Å². The lowest BCUT2D eigenvalue weighted by Crippen LogP contribution is -2.35. The van der Waals surface area contributed by atoms with E-state index >= 15 is 0 Å². The van der Waals surface area contributed by atoms with Crippen LogP contribution in [0, 0.1) is 23.5 Å². The number of nitrogens with one attached hydrogen (secondary N) is 1. The molecule has 1 nitrogen and oxygen atoms in total. The Bertz CT molecular complexity index is 368. The topological polar surface area (TPSA) is 12.0 Å². The smallest absolute Gasteiger partial charge is 0.126 e. The number of hydrogen-bond donors (Lipinski definition) is 1. The Hall–Kier alpha value is -0.960. The summed E-state index contributed by atoms with van der Waals surface area (Å²) < 4.78 is 26.2. The summed E-state index contributed by atoms with van der Waals surface area (Å²) in [4.78, 5) is 0. The lowest BCUT2D eigenvalue weighted by molar-refractivity contribution is 0.357. The molecule has 1 fully saturated rings. The SMILES string of the molecule is CNC(Cc1cc(F)cc(F)c1)C(C)C1CC1. The highest BCUT2D eigenvalue weighted by molar-refractivity contribution is 5.19. The van der Waals surface area contributed by atoms with Crippen molar-refractivity contribution in [3.05, 3.63) is 35.4 Å². The lowest BCUT2D eigenvalue weighted by Gasteiger charge is -2.23. The van der Waals surface area contributed by atoms with Crippen molar-refractivity contribution < 1.29 is 8.78 Å². The second-order valence-corrected chi connectivity index (χ2v) is 5.07. The maximum Gasteiger partial charge on any atom is 0.126 e. The van der Waals surface area contributed by atoms with Crippen LogP contribution in [-0.2, 0) is 6.42 Å². The fourth-order valence-electron chi connectivity index (χ4n) is 2.48. The van der Waals surface area contributed by atoms with E-state index in [-0.39, 0.29) is 0 Å². The number of likely N-dealkylation sites (N-methyl/N-ethyl adjacent to an activating group) is 1. The van der Waals surface area contributed by atoms with E-state index in [9.17, 15) is 8.78 Å². The van der Waals surface area contributed by atoms with Crippen LogP contribution in [0.4, 0.5) is 8.78 Å². The van der Waals surface area contributed by atoms with E-state index in [1.807, 2.05) is 7.05 Å². The Morgan fingerprint density at radius 1 is 1.24 bits per heavy atom. The predicted molar refractivity (Wildman–Crippen MR) is 64.8 cm³/mol. The first-order valence-corrected chi connectivity index (χ1v) is 6.22. The Kier molecular flexibility index (Phi) is 3.77. The molecular weight excluding hydrogens is 220 g/mol. The van der Waals surface area contributed by atoms with E-state index in [0.29, 0.717) is 18.4 Å². The Morgan fingerprint density at radius 2 is 1.82 bits per heavy atom. The van der Waals surface area contributed by atoms with E-state index in [0.717, 1.165) is 17.5 Å². The lowest BCUT2D eigenvalue weighted by atomic mass is 9.91. The molecule has 2 rings (SSSR count). The largest absolute Gasteiger partial charge is 0.316 e. The summed E-state index contributed by atoms with van der Waals surface area (Å²) in [6.45, 7) is 2.22. The molecule has 0 heterocycles. The molecule has 2 atom stereocenters. The van der Waals surface area contributed by atoms with Gasteiger partial charge in [-0.3, -0.25) is 0 Å². The van der Waals surface area contributed by atoms with Crippen molar-refractivity contribution in [1.29, 1.82) is 0 Å². The molecular formula is C14H19F2N. The minimum Gasteiger partial charge on any atom is -0.316 e. The van der Waals surface area contributed by atoms with Crippen LogP contribution >= 0.6 is 0 Å². The molecule has 0 saturated heterocycles. The number of hydrogen-bond acceptors (Lipinski definition) is 1. The van der Waals surface area contributed by atoms with Crippen molar-refractivity contribution in [3.63, 3.8) is 0 Å². The molecule has 3 heteroatoms. The molecule has 0 radical (unpaired) electrons. The second kappa shape index (κ2) is 5.13. The summed E-state index contributed by atoms with van der Waals surface area (Å²) in [6, 6.07) is 4.06. The summed E-state index contributed by atoms with van der Waals surface area (Å²) in [6.07, 6.45) is 3.26. The van der Waals surface area contributed by atoms with E-state index < -0.39 is 11.6 Å². The Morgan fingerprint density at radius 3 is 2.29 bits per heavy atom. The van der Waals surface area contributed by atoms with Crippen molar-refractivity contribution in [2.45, 2.75) is 32.2 Å². The average molecular weight is 239 g/mol. The molecule has 1 aromatic rings. The fraction of sp³-hybridized carbons (Fsp3) is 0.571. The third kappa shape index (κ3) is 3.25. The summed E-state index contributed by atoms with van der Waals surface area (Å²) in [5.74, 6) is 0.361. The second-order valence-electron chi connectivity index (χ2n) is 5.07. The van der Waals surface area contributed by atoms with Gasteiger partial charge in [-0.1, -0.05) is 6.92 Å². The summed E-state index contributed by atoms with van der Waals surface area (Å²) >= 11 is 0. The van der Waals surface area contributed by atoms with E-state index in [1.54, 1.807) is 0 Å². The highest BCUT2D eigenvalue weighted by atomic mass is 19.1. The molecule has 0 aromatic heterocycles. The van der Waals surface area contributed by atoms with Gasteiger partial charge in [-0.25, -0.2) is 8.78 Å². The number of halogens is 2. The normalized spacial score (nSPS) is 19.1. The fourth-order valence-corrected chi connectivity index (χ4v) is 2.48. The minimum atomic E-state index is -0.492. The third-order valence-corrected chi connectivity index (χ3v) is 3.75. The minimum absolute atomic E-state index is 0.295. The van der Waals surface area contributed by atoms with Crippen LogP contribution < -0.4 is 5.32 Å². The van der Waals surface area contributed by atoms with E-state index in [4.69, 9.17) is 0 Å². The van der Waals surface area contributed by atoms with Crippen molar-refractivity contribution >= 4 is 0 Å². The van der Waals surface area contributed by atoms with Crippen molar-refractivity contribution in [2.24, 2.45) is 11.8 Å². The average Bonchev–Trinajstić information content (AvgIpc) is 3.07. The van der Waals surface area contributed by atoms with Gasteiger partial charge < -0.3 is 5.32 Å². The molecule has 0 aliphatic heterocycles. The summed E-state index contributed by atoms with van der Waals surface area (Å²) in [5, 5.41) is 3.27. The molecule has 0 amide bonds. The highest BCUT2D eigenvalue weighted by Crippen LogP contribution is 2.38. The van der Waals surface area contributed by atoms with Gasteiger partial charge in [0, 0.05) is 12.1 Å². The zero-order chi connectivity index (χ0) is 12.4. The van der Waals surface area contributed by atoms with Crippen LogP contribution in [0.5, 0.6) is 0 Å². The Labute approximate surface area is 101 Å². The van der Waals surface area contributed by atoms with Gasteiger partial charge in [0.2, 0.25) is 0 Å². The molecule has 0 spiro atoms. The van der Waals surface area contributed by atoms with Crippen LogP contribution in [0.2, 0.25) is 0 Å². The van der Waals surface area contributed by atoms with Gasteiger partial charge >= 0.3 is 0 Å². The van der Waals surface area contributed by atoms with Gasteiger partial charge in [-0.15, -0.1) is 0 Å². The first-order valence-electron chi connectivity index (χ1n) is 6.22. The maximum absolute atomic E-state index is 13.1. The molecule has 1 aliphatic rings. The standard InChI is InChI=1S/C14H19F2N/c1-9(11-3-4-11)14(17-2)7-10-5-12(15)8-13(16)6-10/h5-6,8-9,11,14,17H,3-4,7H2,1-2H3. The van der Waals surface area contributed by atoms with Crippen molar-refractivity contribution in [3.8, 4) is 0 Å². The molecule has 0 bridgehead atoms. The van der Waals surface area contributed by atoms with Crippen LogP contribution in [0.15, 0.2) is 18.2 Å². The van der Waals surface area contributed by atoms with Crippen LogP contribution in [0.1, 0.15) is 25.3 Å². The van der Waals surface area contributed by atoms with Crippen LogP contribution in [0.3, 0.4) is 0 Å². The van der Waals surface area contributed by atoms with Gasteiger partial charge in [-0.05, 0) is 55.8 Å². The van der Waals surface area contributed by atoms with Crippen LogP contribution in [0.25, 0.3) is 0 Å². The summed E-state index contributed by atoms with van der Waals surface area (Å²) in [7, 11) is 1.92. The monoisotopic (exact) mass is 239 g/mol. The maximum atomic E-state index is 13.1. The molecule has 1 N–H and O–H groups in total. The van der Waals surface area contributed by atoms with Crippen LogP contribution in [-0.4, -0.2) is 13.1 Å². The first-order chi connectivity index (χ1) is 8.10. The predicted octanol–water partition coefficient (Wildman–Crippen LogP) is 3.14. The molecule has 1 aromatic carbocycles.